The summed E-state index contributed by atoms with van der Waals surface area (Å²) in [4.78, 5) is 2.09. The van der Waals surface area contributed by atoms with Gasteiger partial charge in [-0.15, -0.1) is 24.8 Å². The van der Waals surface area contributed by atoms with Gasteiger partial charge in [-0.1, -0.05) is 0 Å². The molecule has 0 spiro atoms. The lowest BCUT2D eigenvalue weighted by atomic mass is 10.0. The van der Waals surface area contributed by atoms with Crippen molar-refractivity contribution < 1.29 is 19.0 Å². The molecule has 0 aliphatic carbocycles. The molecule has 0 saturated carbocycles. The largest absolute Gasteiger partial charge is 0.502 e. The molecule has 1 aliphatic rings. The number of hydrogen-bond acceptors (Lipinski definition) is 5. The van der Waals surface area contributed by atoms with Crippen molar-refractivity contribution in [3.8, 4) is 17.2 Å². The molecule has 1 fully saturated rings. The van der Waals surface area contributed by atoms with Crippen molar-refractivity contribution in [2.75, 3.05) is 47.1 Å². The molecule has 0 aromatic heterocycles. The zero-order chi connectivity index (χ0) is 14.5. The Bertz CT molecular complexity index is 435. The molecular formula is C14H23Cl2FN2O3. The van der Waals surface area contributed by atoms with Crippen LogP contribution >= 0.6 is 24.8 Å². The van der Waals surface area contributed by atoms with E-state index in [9.17, 15) is 9.50 Å². The number of nitrogens with zero attached hydrogens (tertiary/aromatic N) is 1. The minimum atomic E-state index is -0.489. The van der Waals surface area contributed by atoms with Crippen LogP contribution in [0.5, 0.6) is 17.2 Å². The van der Waals surface area contributed by atoms with Crippen LogP contribution in [-0.2, 0) is 0 Å². The highest BCUT2D eigenvalue weighted by atomic mass is 35.5. The van der Waals surface area contributed by atoms with Crippen LogP contribution in [0.25, 0.3) is 0 Å². The van der Waals surface area contributed by atoms with Crippen molar-refractivity contribution in [1.29, 1.82) is 0 Å². The number of ether oxygens (including phenoxy) is 2. The highest BCUT2D eigenvalue weighted by molar-refractivity contribution is 5.85. The fourth-order valence-corrected chi connectivity index (χ4v) is 2.50. The van der Waals surface area contributed by atoms with Gasteiger partial charge in [0.2, 0.25) is 5.75 Å². The quantitative estimate of drug-likeness (QED) is 0.846. The van der Waals surface area contributed by atoms with E-state index in [1.165, 1.54) is 14.2 Å². The van der Waals surface area contributed by atoms with Crippen LogP contribution in [0.1, 0.15) is 11.6 Å². The average Bonchev–Trinajstić information content (AvgIpc) is 2.50. The highest BCUT2D eigenvalue weighted by Crippen LogP contribution is 2.39. The number of halogens is 3. The summed E-state index contributed by atoms with van der Waals surface area (Å²) in [6.45, 7) is 2.79. The van der Waals surface area contributed by atoms with Gasteiger partial charge >= 0.3 is 0 Å². The lowest BCUT2D eigenvalue weighted by Crippen LogP contribution is -2.45. The van der Waals surface area contributed by atoms with E-state index in [0.29, 0.717) is 11.5 Å². The second kappa shape index (κ2) is 9.94. The summed E-state index contributed by atoms with van der Waals surface area (Å²) in [5, 5.41) is 13.2. The lowest BCUT2D eigenvalue weighted by molar-refractivity contribution is 0.147. The van der Waals surface area contributed by atoms with Gasteiger partial charge < -0.3 is 19.9 Å². The van der Waals surface area contributed by atoms with Gasteiger partial charge in [0, 0.05) is 26.2 Å². The fraction of sp³-hybridized carbons (Fsp3) is 0.571. The molecule has 128 valence electrons. The Balaban J connectivity index is 0.00000220. The number of nitrogens with one attached hydrogen (secondary N) is 1. The first-order chi connectivity index (χ1) is 9.71. The van der Waals surface area contributed by atoms with Crippen LogP contribution in [0.3, 0.4) is 0 Å². The van der Waals surface area contributed by atoms with Crippen molar-refractivity contribution >= 4 is 24.8 Å². The fourth-order valence-electron chi connectivity index (χ4n) is 2.50. The van der Waals surface area contributed by atoms with Crippen LogP contribution in [-0.4, -0.2) is 57.1 Å². The van der Waals surface area contributed by atoms with E-state index >= 15 is 0 Å². The van der Waals surface area contributed by atoms with Gasteiger partial charge in [0.1, 0.15) is 6.67 Å². The summed E-state index contributed by atoms with van der Waals surface area (Å²) in [6.07, 6.45) is 0. The topological polar surface area (TPSA) is 54.0 Å². The Kier molecular flexibility index (Phi) is 9.51. The van der Waals surface area contributed by atoms with Gasteiger partial charge in [0.15, 0.2) is 11.5 Å². The van der Waals surface area contributed by atoms with Crippen LogP contribution in [0, 0.1) is 0 Å². The molecule has 8 heteroatoms. The Morgan fingerprint density at radius 1 is 1.18 bits per heavy atom. The van der Waals surface area contributed by atoms with Crippen molar-refractivity contribution in [3.05, 3.63) is 17.7 Å². The first-order valence-corrected chi connectivity index (χ1v) is 6.66. The predicted molar refractivity (Wildman–Crippen MR) is 88.9 cm³/mol. The molecule has 1 aromatic rings. The summed E-state index contributed by atoms with van der Waals surface area (Å²) in [7, 11) is 2.93. The Labute approximate surface area is 142 Å². The maximum absolute atomic E-state index is 13.5. The van der Waals surface area contributed by atoms with E-state index in [1.807, 2.05) is 0 Å². The third-order valence-electron chi connectivity index (χ3n) is 3.63. The summed E-state index contributed by atoms with van der Waals surface area (Å²) in [5.74, 6) is 0.539. The van der Waals surface area contributed by atoms with Crippen LogP contribution in [0.2, 0.25) is 0 Å². The molecule has 0 bridgehead atoms. The van der Waals surface area contributed by atoms with Crippen LogP contribution < -0.4 is 14.8 Å². The number of phenolic OH excluding ortho intramolecular Hbond substituents is 1. The molecule has 2 rings (SSSR count). The Hall–Kier alpha value is -0.950. The third kappa shape index (κ3) is 4.52. The average molecular weight is 357 g/mol. The monoisotopic (exact) mass is 356 g/mol. The third-order valence-corrected chi connectivity index (χ3v) is 3.63. The second-order valence-corrected chi connectivity index (χ2v) is 4.73. The standard InChI is InChI=1S/C14H21FN2O3.2ClH/c1-19-12-7-10(8-13(20-2)14(12)18)11(9-15)17-5-3-16-4-6-17;;/h7-8,11,16,18H,3-6,9H2,1-2H3;2*1H/t11-;;/m1../s1. The zero-order valence-corrected chi connectivity index (χ0v) is 14.3. The van der Waals surface area contributed by atoms with Crippen LogP contribution in [0.4, 0.5) is 4.39 Å². The number of hydrogen-bond donors (Lipinski definition) is 2. The number of piperazine rings is 1. The summed E-state index contributed by atoms with van der Waals surface area (Å²) < 4.78 is 23.7. The van der Waals surface area contributed by atoms with E-state index in [0.717, 1.165) is 31.7 Å². The number of aromatic hydroxyl groups is 1. The zero-order valence-electron chi connectivity index (χ0n) is 12.7. The van der Waals surface area contributed by atoms with Gasteiger partial charge in [0.05, 0.1) is 20.3 Å². The molecule has 0 radical (unpaired) electrons. The van der Waals surface area contributed by atoms with Gasteiger partial charge in [0.25, 0.3) is 0 Å². The first-order valence-electron chi connectivity index (χ1n) is 6.66. The molecule has 2 N–H and O–H groups in total. The molecule has 1 aliphatic heterocycles. The smallest absolute Gasteiger partial charge is 0.200 e. The number of phenols is 1. The van der Waals surface area contributed by atoms with E-state index in [4.69, 9.17) is 9.47 Å². The van der Waals surface area contributed by atoms with E-state index in [1.54, 1.807) is 12.1 Å². The van der Waals surface area contributed by atoms with Gasteiger partial charge in [-0.3, -0.25) is 4.90 Å². The van der Waals surface area contributed by atoms with Gasteiger partial charge in [-0.2, -0.15) is 0 Å². The van der Waals surface area contributed by atoms with Crippen molar-refractivity contribution in [2.24, 2.45) is 0 Å². The maximum atomic E-state index is 13.5. The second-order valence-electron chi connectivity index (χ2n) is 4.73. The number of alkyl halides is 1. The van der Waals surface area contributed by atoms with Gasteiger partial charge in [-0.25, -0.2) is 4.39 Å². The highest BCUT2D eigenvalue weighted by Gasteiger charge is 2.24. The lowest BCUT2D eigenvalue weighted by Gasteiger charge is -2.34. The summed E-state index contributed by atoms with van der Waals surface area (Å²) in [5.41, 5.74) is 0.751. The summed E-state index contributed by atoms with van der Waals surface area (Å²) >= 11 is 0. The molecule has 0 unspecified atom stereocenters. The van der Waals surface area contributed by atoms with Crippen molar-refractivity contribution in [1.82, 2.24) is 10.2 Å². The maximum Gasteiger partial charge on any atom is 0.200 e. The number of rotatable bonds is 5. The SMILES string of the molecule is COc1cc([C@@H](CF)N2CCNCC2)cc(OC)c1O.Cl.Cl. The first kappa shape index (κ1) is 21.0. The summed E-state index contributed by atoms with van der Waals surface area (Å²) in [6, 6.07) is 2.99. The molecule has 22 heavy (non-hydrogen) atoms. The molecule has 1 saturated heterocycles. The van der Waals surface area contributed by atoms with Crippen molar-refractivity contribution in [3.63, 3.8) is 0 Å². The van der Waals surface area contributed by atoms with Crippen LogP contribution in [0.15, 0.2) is 12.1 Å². The molecule has 0 amide bonds. The number of benzene rings is 1. The van der Waals surface area contributed by atoms with Gasteiger partial charge in [-0.05, 0) is 17.7 Å². The molecule has 1 heterocycles. The van der Waals surface area contributed by atoms with E-state index in [2.05, 4.69) is 10.2 Å². The minimum absolute atomic E-state index is 0. The van der Waals surface area contributed by atoms with Crippen molar-refractivity contribution in [2.45, 2.75) is 6.04 Å². The molecular weight excluding hydrogens is 334 g/mol. The normalized spacial score (nSPS) is 16.1. The number of methoxy groups -OCH3 is 2. The Morgan fingerprint density at radius 2 is 1.68 bits per heavy atom. The minimum Gasteiger partial charge on any atom is -0.502 e. The Morgan fingerprint density at radius 3 is 2.09 bits per heavy atom. The van der Waals surface area contributed by atoms with E-state index < -0.39 is 6.67 Å². The van der Waals surface area contributed by atoms with E-state index in [-0.39, 0.29) is 36.6 Å². The molecule has 1 atom stereocenters. The predicted octanol–water partition coefficient (Wildman–Crippen LogP) is 2.17. The molecule has 1 aromatic carbocycles. The molecule has 5 nitrogen and oxygen atoms in total.